The summed E-state index contributed by atoms with van der Waals surface area (Å²) in [5, 5.41) is 4.42. The number of urea groups is 1. The molecule has 0 aliphatic carbocycles. The molecule has 7 nitrogen and oxygen atoms in total. The van der Waals surface area contributed by atoms with E-state index in [1.807, 2.05) is 6.07 Å². The number of hydrogen-bond acceptors (Lipinski definition) is 5. The van der Waals surface area contributed by atoms with Gasteiger partial charge in [-0.15, -0.1) is 0 Å². The first kappa shape index (κ1) is 20.0. The van der Waals surface area contributed by atoms with Gasteiger partial charge in [-0.2, -0.15) is 0 Å². The van der Waals surface area contributed by atoms with Crippen molar-refractivity contribution >= 4 is 17.9 Å². The van der Waals surface area contributed by atoms with E-state index in [0.717, 1.165) is 0 Å². The number of imide groups is 1. The van der Waals surface area contributed by atoms with Crippen molar-refractivity contribution in [1.29, 1.82) is 0 Å². The van der Waals surface area contributed by atoms with Crippen molar-refractivity contribution in [3.8, 4) is 5.75 Å². The number of carbonyl (C=O) groups is 3. The fraction of sp³-hybridized carbons (Fsp3) is 0.250. The Hall–Kier alpha value is -3.35. The second-order valence-corrected chi connectivity index (χ2v) is 5.62. The van der Waals surface area contributed by atoms with Crippen LogP contribution in [-0.4, -0.2) is 31.1 Å². The molecule has 0 fully saturated rings. The molecule has 7 heteroatoms. The molecule has 3 amide bonds. The van der Waals surface area contributed by atoms with Gasteiger partial charge in [-0.1, -0.05) is 55.5 Å². The van der Waals surface area contributed by atoms with E-state index in [2.05, 4.69) is 10.6 Å². The third kappa shape index (κ3) is 5.85. The maximum atomic E-state index is 12.6. The lowest BCUT2D eigenvalue weighted by atomic mass is 10.1. The molecule has 0 heterocycles. The second-order valence-electron chi connectivity index (χ2n) is 5.62. The maximum Gasteiger partial charge on any atom is 0.348 e. The van der Waals surface area contributed by atoms with Crippen molar-refractivity contribution in [2.75, 3.05) is 7.05 Å². The molecule has 0 unspecified atom stereocenters. The van der Waals surface area contributed by atoms with E-state index >= 15 is 0 Å². The largest absolute Gasteiger partial charge is 0.479 e. The van der Waals surface area contributed by atoms with Gasteiger partial charge in [0.15, 0.2) is 6.10 Å². The molecule has 2 rings (SSSR count). The van der Waals surface area contributed by atoms with Crippen LogP contribution in [-0.2, 0) is 14.3 Å². The molecule has 2 aromatic carbocycles. The van der Waals surface area contributed by atoms with Crippen molar-refractivity contribution in [3.05, 3.63) is 66.2 Å². The number of hydrogen-bond donors (Lipinski definition) is 2. The molecule has 2 N–H and O–H groups in total. The summed E-state index contributed by atoms with van der Waals surface area (Å²) < 4.78 is 11.1. The number of esters is 1. The van der Waals surface area contributed by atoms with Crippen molar-refractivity contribution < 1.29 is 23.9 Å². The highest BCUT2D eigenvalue weighted by Crippen LogP contribution is 2.20. The normalized spacial score (nSPS) is 12.4. The van der Waals surface area contributed by atoms with Crippen LogP contribution in [0.5, 0.6) is 5.75 Å². The van der Waals surface area contributed by atoms with Gasteiger partial charge in [0, 0.05) is 12.6 Å². The monoisotopic (exact) mass is 370 g/mol. The Balaban J connectivity index is 2.16. The Bertz CT molecular complexity index is 764. The van der Waals surface area contributed by atoms with E-state index in [9.17, 15) is 14.4 Å². The van der Waals surface area contributed by atoms with E-state index in [1.54, 1.807) is 61.5 Å². The van der Waals surface area contributed by atoms with Crippen LogP contribution in [0.3, 0.4) is 0 Å². The van der Waals surface area contributed by atoms with Gasteiger partial charge in [-0.05, 0) is 18.6 Å². The predicted molar refractivity (Wildman–Crippen MR) is 99.0 cm³/mol. The Morgan fingerprint density at radius 1 is 0.963 bits per heavy atom. The topological polar surface area (TPSA) is 93.7 Å². The van der Waals surface area contributed by atoms with E-state index in [1.165, 1.54) is 7.05 Å². The number of benzene rings is 2. The smallest absolute Gasteiger partial charge is 0.348 e. The van der Waals surface area contributed by atoms with E-state index < -0.39 is 30.1 Å². The lowest BCUT2D eigenvalue weighted by Gasteiger charge is -2.21. The molecular weight excluding hydrogens is 348 g/mol. The molecule has 2 aromatic rings. The maximum absolute atomic E-state index is 12.6. The summed E-state index contributed by atoms with van der Waals surface area (Å²) in [6.07, 6.45) is -1.80. The van der Waals surface area contributed by atoms with Crippen molar-refractivity contribution in [2.24, 2.45) is 0 Å². The van der Waals surface area contributed by atoms with Crippen LogP contribution in [0.15, 0.2) is 60.7 Å². The van der Waals surface area contributed by atoms with Gasteiger partial charge < -0.3 is 14.8 Å². The Kier molecular flexibility index (Phi) is 7.37. The van der Waals surface area contributed by atoms with Gasteiger partial charge in [0.1, 0.15) is 5.75 Å². The second kappa shape index (κ2) is 9.96. The minimum atomic E-state index is -1.27. The van der Waals surface area contributed by atoms with E-state index in [4.69, 9.17) is 9.47 Å². The van der Waals surface area contributed by atoms with Crippen LogP contribution in [0, 0.1) is 0 Å². The van der Waals surface area contributed by atoms with Gasteiger partial charge >= 0.3 is 12.0 Å². The quantitative estimate of drug-likeness (QED) is 0.731. The van der Waals surface area contributed by atoms with Gasteiger partial charge in [0.25, 0.3) is 5.91 Å². The zero-order valence-corrected chi connectivity index (χ0v) is 15.2. The third-order valence-corrected chi connectivity index (χ3v) is 3.69. The van der Waals surface area contributed by atoms with Crippen LogP contribution in [0.4, 0.5) is 4.79 Å². The van der Waals surface area contributed by atoms with Crippen molar-refractivity contribution in [2.45, 2.75) is 25.6 Å². The Morgan fingerprint density at radius 2 is 1.56 bits per heavy atom. The molecule has 142 valence electrons. The van der Waals surface area contributed by atoms with Gasteiger partial charge in [-0.25, -0.2) is 9.59 Å². The Labute approximate surface area is 157 Å². The average molecular weight is 370 g/mol. The molecule has 0 saturated heterocycles. The first-order chi connectivity index (χ1) is 13.0. The van der Waals surface area contributed by atoms with Gasteiger partial charge in [0.05, 0.1) is 0 Å². The number of ether oxygens (including phenoxy) is 2. The predicted octanol–water partition coefficient (Wildman–Crippen LogP) is 2.58. The summed E-state index contributed by atoms with van der Waals surface area (Å²) in [4.78, 5) is 36.5. The zero-order chi connectivity index (χ0) is 19.6. The summed E-state index contributed by atoms with van der Waals surface area (Å²) in [6, 6.07) is 16.6. The lowest BCUT2D eigenvalue weighted by Crippen LogP contribution is -2.42. The number of carbonyl (C=O) groups excluding carboxylic acids is 3. The summed E-state index contributed by atoms with van der Waals surface area (Å²) >= 11 is 0. The van der Waals surface area contributed by atoms with Gasteiger partial charge in [0.2, 0.25) is 6.10 Å². The van der Waals surface area contributed by atoms with Crippen molar-refractivity contribution in [3.63, 3.8) is 0 Å². The number of amides is 3. The summed E-state index contributed by atoms with van der Waals surface area (Å²) in [5.74, 6) is -0.918. The van der Waals surface area contributed by atoms with Gasteiger partial charge in [-0.3, -0.25) is 10.1 Å². The zero-order valence-electron chi connectivity index (χ0n) is 15.2. The number of nitrogens with one attached hydrogen (secondary N) is 2. The number of rotatable bonds is 7. The first-order valence-corrected chi connectivity index (χ1v) is 8.54. The third-order valence-electron chi connectivity index (χ3n) is 3.69. The van der Waals surface area contributed by atoms with Crippen molar-refractivity contribution in [1.82, 2.24) is 10.6 Å². The molecule has 0 aliphatic heterocycles. The van der Waals surface area contributed by atoms with Crippen LogP contribution in [0.2, 0.25) is 0 Å². The molecule has 0 radical (unpaired) electrons. The van der Waals surface area contributed by atoms with E-state index in [-0.39, 0.29) is 0 Å². The average Bonchev–Trinajstić information content (AvgIpc) is 2.71. The molecule has 27 heavy (non-hydrogen) atoms. The molecule has 0 saturated carbocycles. The van der Waals surface area contributed by atoms with Crippen LogP contribution >= 0.6 is 0 Å². The van der Waals surface area contributed by atoms with Crippen LogP contribution in [0.25, 0.3) is 0 Å². The van der Waals surface area contributed by atoms with Crippen LogP contribution < -0.4 is 15.4 Å². The molecule has 0 aliphatic rings. The molecule has 0 spiro atoms. The first-order valence-electron chi connectivity index (χ1n) is 8.54. The Morgan fingerprint density at radius 3 is 2.11 bits per heavy atom. The molecule has 0 aromatic heterocycles. The highest BCUT2D eigenvalue weighted by atomic mass is 16.6. The lowest BCUT2D eigenvalue weighted by molar-refractivity contribution is -0.163. The van der Waals surface area contributed by atoms with Crippen LogP contribution in [0.1, 0.15) is 25.0 Å². The molecule has 2 atom stereocenters. The minimum absolute atomic E-state index is 0.353. The highest BCUT2D eigenvalue weighted by molar-refractivity contribution is 5.97. The SMILES string of the molecule is CC[C@@H](Oc1ccccc1)C(=O)O[C@H](C(=O)NC(=O)NC)c1ccccc1. The van der Waals surface area contributed by atoms with E-state index in [0.29, 0.717) is 17.7 Å². The standard InChI is InChI=1S/C20H22N2O5/c1-3-16(26-15-12-8-5-9-13-15)19(24)27-17(14-10-6-4-7-11-14)18(23)22-20(25)21-2/h4-13,16-17H,3H2,1-2H3,(H2,21,22,23,25)/t16-,17+/m1/s1. The highest BCUT2D eigenvalue weighted by Gasteiger charge is 2.30. The summed E-state index contributed by atoms with van der Waals surface area (Å²) in [6.45, 7) is 1.77. The minimum Gasteiger partial charge on any atom is -0.479 e. The molecule has 0 bridgehead atoms. The fourth-order valence-corrected chi connectivity index (χ4v) is 2.29. The fourth-order valence-electron chi connectivity index (χ4n) is 2.29. The summed E-state index contributed by atoms with van der Waals surface area (Å²) in [7, 11) is 1.38. The number of para-hydroxylation sites is 1. The summed E-state index contributed by atoms with van der Waals surface area (Å²) in [5.41, 5.74) is 0.446. The molecular formula is C20H22N2O5.